The number of hydrogen-bond donors (Lipinski definition) is 2. The third-order valence-electron chi connectivity index (χ3n) is 3.80. The highest BCUT2D eigenvalue weighted by Crippen LogP contribution is 2.21. The first-order valence-corrected chi connectivity index (χ1v) is 8.65. The number of halogens is 2. The Hall–Kier alpha value is -2.80. The number of carbonyl (C=O) groups excluding carboxylic acids is 1. The smallest absolute Gasteiger partial charge is 0.262 e. The maximum Gasteiger partial charge on any atom is 0.262 e. The summed E-state index contributed by atoms with van der Waals surface area (Å²) >= 11 is 3.19. The Labute approximate surface area is 157 Å². The van der Waals surface area contributed by atoms with Crippen LogP contribution in [0.5, 0.6) is 0 Å². The van der Waals surface area contributed by atoms with Crippen LogP contribution < -0.4 is 10.9 Å². The van der Waals surface area contributed by atoms with Crippen molar-refractivity contribution in [3.05, 3.63) is 98.4 Å². The molecule has 3 rings (SSSR count). The molecule has 1 unspecified atom stereocenters. The summed E-state index contributed by atoms with van der Waals surface area (Å²) in [7, 11) is 0. The lowest BCUT2D eigenvalue weighted by molar-refractivity contribution is -0.121. The molecule has 0 aliphatic heterocycles. The van der Waals surface area contributed by atoms with Gasteiger partial charge in [-0.05, 0) is 57.4 Å². The van der Waals surface area contributed by atoms with E-state index >= 15 is 0 Å². The van der Waals surface area contributed by atoms with Gasteiger partial charge in [-0.2, -0.15) is 0 Å². The number of nitrogens with one attached hydrogen (secondary N) is 2. The van der Waals surface area contributed by atoms with Gasteiger partial charge in [0.05, 0.1) is 22.6 Å². The van der Waals surface area contributed by atoms with Crippen LogP contribution in [0.1, 0.15) is 22.9 Å². The van der Waals surface area contributed by atoms with Gasteiger partial charge in [-0.3, -0.25) is 14.6 Å². The molecular weight excluding hydrogens is 401 g/mol. The Bertz CT molecular complexity index is 976. The van der Waals surface area contributed by atoms with Gasteiger partial charge >= 0.3 is 0 Å². The van der Waals surface area contributed by atoms with Crippen molar-refractivity contribution >= 4 is 21.8 Å². The van der Waals surface area contributed by atoms with E-state index in [4.69, 9.17) is 0 Å². The third kappa shape index (κ3) is 4.23. The minimum Gasteiger partial charge on any atom is -0.343 e. The zero-order chi connectivity index (χ0) is 18.5. The van der Waals surface area contributed by atoms with Crippen LogP contribution in [0.25, 0.3) is 0 Å². The lowest BCUT2D eigenvalue weighted by Crippen LogP contribution is -2.31. The first-order chi connectivity index (χ1) is 12.5. The number of amides is 1. The van der Waals surface area contributed by atoms with Crippen molar-refractivity contribution in [1.82, 2.24) is 15.3 Å². The van der Waals surface area contributed by atoms with Crippen molar-refractivity contribution in [2.24, 2.45) is 0 Å². The van der Waals surface area contributed by atoms with Gasteiger partial charge in [-0.1, -0.05) is 18.2 Å². The van der Waals surface area contributed by atoms with Gasteiger partial charge in [-0.25, -0.2) is 4.39 Å². The topological polar surface area (TPSA) is 74.8 Å². The molecule has 132 valence electrons. The molecule has 3 aromatic rings. The van der Waals surface area contributed by atoms with Crippen LogP contribution in [0.15, 0.2) is 70.2 Å². The molecule has 5 nitrogen and oxygen atoms in total. The highest BCUT2D eigenvalue weighted by Gasteiger charge is 2.19. The lowest BCUT2D eigenvalue weighted by Gasteiger charge is -2.19. The van der Waals surface area contributed by atoms with Crippen molar-refractivity contribution in [2.45, 2.75) is 12.5 Å². The molecule has 0 aliphatic rings. The number of hydrogen-bond acceptors (Lipinski definition) is 3. The van der Waals surface area contributed by atoms with E-state index in [0.29, 0.717) is 21.3 Å². The zero-order valence-electron chi connectivity index (χ0n) is 13.6. The summed E-state index contributed by atoms with van der Waals surface area (Å²) in [6, 6.07) is 12.4. The molecule has 2 aromatic heterocycles. The van der Waals surface area contributed by atoms with Crippen LogP contribution >= 0.6 is 15.9 Å². The van der Waals surface area contributed by atoms with Gasteiger partial charge < -0.3 is 10.3 Å². The molecule has 0 radical (unpaired) electrons. The Morgan fingerprint density at radius 2 is 2.08 bits per heavy atom. The summed E-state index contributed by atoms with van der Waals surface area (Å²) in [5, 5.41) is 2.87. The summed E-state index contributed by atoms with van der Waals surface area (Å²) < 4.78 is 14.0. The number of carbonyl (C=O) groups is 1. The molecule has 0 bridgehead atoms. The minimum absolute atomic E-state index is 0.00313. The van der Waals surface area contributed by atoms with Crippen molar-refractivity contribution < 1.29 is 9.18 Å². The van der Waals surface area contributed by atoms with Crippen molar-refractivity contribution in [2.75, 3.05) is 0 Å². The van der Waals surface area contributed by atoms with Crippen LogP contribution in [0, 0.1) is 5.82 Å². The number of rotatable bonds is 5. The Balaban J connectivity index is 1.87. The lowest BCUT2D eigenvalue weighted by atomic mass is 10.0. The molecule has 0 saturated carbocycles. The van der Waals surface area contributed by atoms with E-state index in [-0.39, 0.29) is 17.9 Å². The van der Waals surface area contributed by atoms with E-state index in [1.165, 1.54) is 18.3 Å². The van der Waals surface area contributed by atoms with E-state index < -0.39 is 11.9 Å². The molecule has 0 aliphatic carbocycles. The summed E-state index contributed by atoms with van der Waals surface area (Å²) in [6.07, 6.45) is 3.10. The minimum atomic E-state index is -0.597. The molecule has 0 spiro atoms. The molecule has 0 fully saturated rings. The van der Waals surface area contributed by atoms with Crippen molar-refractivity contribution in [1.29, 1.82) is 0 Å². The number of pyridine rings is 2. The number of H-pyrrole nitrogens is 1. The second kappa shape index (κ2) is 8.05. The monoisotopic (exact) mass is 415 g/mol. The first-order valence-electron chi connectivity index (χ1n) is 7.86. The van der Waals surface area contributed by atoms with E-state index in [1.54, 1.807) is 42.6 Å². The summed E-state index contributed by atoms with van der Waals surface area (Å²) in [6.45, 7) is 0. The van der Waals surface area contributed by atoms with Gasteiger partial charge in [0.2, 0.25) is 5.91 Å². The van der Waals surface area contributed by atoms with Crippen molar-refractivity contribution in [3.8, 4) is 0 Å². The number of benzene rings is 1. The van der Waals surface area contributed by atoms with Gasteiger partial charge in [0.25, 0.3) is 5.56 Å². The Morgan fingerprint density at radius 1 is 1.23 bits per heavy atom. The maximum atomic E-state index is 13.6. The number of nitrogens with zero attached hydrogens (tertiary/aromatic N) is 1. The molecule has 0 saturated heterocycles. The normalized spacial score (nSPS) is 11.8. The predicted molar refractivity (Wildman–Crippen MR) is 99.1 cm³/mol. The highest BCUT2D eigenvalue weighted by molar-refractivity contribution is 9.10. The van der Waals surface area contributed by atoms with E-state index in [0.717, 1.165) is 0 Å². The number of aromatic nitrogens is 2. The van der Waals surface area contributed by atoms with E-state index in [9.17, 15) is 14.0 Å². The standard InChI is InChI=1S/C19H15BrFN3O2/c20-17-12(7-9-23-19(17)26)11-16(25)24-18(15-6-1-2-8-22-15)13-4-3-5-14(21)10-13/h1-10,18H,11H2,(H,23,26)(H,24,25). The van der Waals surface area contributed by atoms with E-state index in [2.05, 4.69) is 31.2 Å². The van der Waals surface area contributed by atoms with Crippen LogP contribution in [0.2, 0.25) is 0 Å². The second-order valence-corrected chi connectivity index (χ2v) is 6.43. The Kier molecular flexibility index (Phi) is 5.58. The fourth-order valence-corrected chi connectivity index (χ4v) is 2.97. The summed E-state index contributed by atoms with van der Waals surface area (Å²) in [5.74, 6) is -0.703. The van der Waals surface area contributed by atoms with Gasteiger partial charge in [0.1, 0.15) is 5.82 Å². The van der Waals surface area contributed by atoms with Crippen LogP contribution in [0.4, 0.5) is 4.39 Å². The maximum absolute atomic E-state index is 13.6. The molecule has 2 N–H and O–H groups in total. The SMILES string of the molecule is O=C(Cc1cc[nH]c(=O)c1Br)NC(c1cccc(F)c1)c1ccccn1. The third-order valence-corrected chi connectivity index (χ3v) is 4.67. The van der Waals surface area contributed by atoms with Gasteiger partial charge in [0.15, 0.2) is 0 Å². The van der Waals surface area contributed by atoms with Gasteiger partial charge in [0, 0.05) is 12.4 Å². The zero-order valence-corrected chi connectivity index (χ0v) is 15.2. The average Bonchev–Trinajstić information content (AvgIpc) is 2.64. The average molecular weight is 416 g/mol. The molecule has 26 heavy (non-hydrogen) atoms. The summed E-state index contributed by atoms with van der Waals surface area (Å²) in [5.41, 5.74) is 1.44. The molecule has 1 amide bonds. The van der Waals surface area contributed by atoms with E-state index in [1.807, 2.05) is 0 Å². The molecule has 2 heterocycles. The van der Waals surface area contributed by atoms with Gasteiger partial charge in [-0.15, -0.1) is 0 Å². The predicted octanol–water partition coefficient (Wildman–Crippen LogP) is 3.12. The first kappa shape index (κ1) is 18.0. The van der Waals surface area contributed by atoms with Crippen LogP contribution in [-0.4, -0.2) is 15.9 Å². The number of aromatic amines is 1. The van der Waals surface area contributed by atoms with Crippen molar-refractivity contribution in [3.63, 3.8) is 0 Å². The molecule has 1 aromatic carbocycles. The quantitative estimate of drug-likeness (QED) is 0.671. The molecule has 7 heteroatoms. The largest absolute Gasteiger partial charge is 0.343 e. The molecule has 1 atom stereocenters. The van der Waals surface area contributed by atoms with Crippen LogP contribution in [-0.2, 0) is 11.2 Å². The fraction of sp³-hybridized carbons (Fsp3) is 0.105. The van der Waals surface area contributed by atoms with Crippen LogP contribution in [0.3, 0.4) is 0 Å². The second-order valence-electron chi connectivity index (χ2n) is 5.63. The Morgan fingerprint density at radius 3 is 2.81 bits per heavy atom. The highest BCUT2D eigenvalue weighted by atomic mass is 79.9. The summed E-state index contributed by atoms with van der Waals surface area (Å²) in [4.78, 5) is 31.0. The molecular formula is C19H15BrFN3O2. The fourth-order valence-electron chi connectivity index (χ4n) is 2.58.